The first-order valence-corrected chi connectivity index (χ1v) is 10.7. The Balaban J connectivity index is 1.86. The molecule has 0 unspecified atom stereocenters. The van der Waals surface area contributed by atoms with Gasteiger partial charge in [0.1, 0.15) is 0 Å². The van der Waals surface area contributed by atoms with E-state index in [2.05, 4.69) is 0 Å². The third-order valence-corrected chi connectivity index (χ3v) is 7.15. The standard InChI is InChI=1S/C20H18ClNO5S/c21-15-5-6-18-14(10-15)11-16(2-1-3-20(23)24)22(18)28(25,26)19-7-4-13-12-27-9-8-17(13)19/h5-6,8-12H,1-4,7H2,(H,23,24). The third-order valence-electron chi connectivity index (χ3n) is 4.96. The molecule has 1 aliphatic heterocycles. The number of halogens is 1. The van der Waals surface area contributed by atoms with E-state index in [0.717, 1.165) is 5.57 Å². The summed E-state index contributed by atoms with van der Waals surface area (Å²) in [5.41, 5.74) is 2.64. The maximum Gasteiger partial charge on any atom is 0.303 e. The number of carboxylic acid groups (broad SMARTS) is 1. The number of hydrogen-bond acceptors (Lipinski definition) is 4. The first-order chi connectivity index (χ1) is 13.4. The second-order valence-electron chi connectivity index (χ2n) is 6.77. The molecular formula is C20H18ClNO5S. The van der Waals surface area contributed by atoms with Crippen LogP contribution in [0.5, 0.6) is 0 Å². The summed E-state index contributed by atoms with van der Waals surface area (Å²) in [6, 6.07) is 6.84. The first kappa shape index (κ1) is 18.8. The van der Waals surface area contributed by atoms with Crippen LogP contribution in [0.2, 0.25) is 5.02 Å². The molecule has 0 bridgehead atoms. The molecule has 0 saturated heterocycles. The fraction of sp³-hybridized carbons (Fsp3) is 0.250. The quantitative estimate of drug-likeness (QED) is 0.752. The van der Waals surface area contributed by atoms with Crippen LogP contribution in [0.4, 0.5) is 0 Å². The highest BCUT2D eigenvalue weighted by Crippen LogP contribution is 2.39. The Kier molecular flexibility index (Phi) is 4.81. The summed E-state index contributed by atoms with van der Waals surface area (Å²) in [6.45, 7) is 0. The highest BCUT2D eigenvalue weighted by molar-refractivity contribution is 7.94. The molecule has 28 heavy (non-hydrogen) atoms. The molecule has 0 atom stereocenters. The predicted molar refractivity (Wildman–Crippen MR) is 106 cm³/mol. The first-order valence-electron chi connectivity index (χ1n) is 8.90. The third kappa shape index (κ3) is 3.25. The molecule has 4 rings (SSSR count). The number of aryl methyl sites for hydroxylation is 1. The number of benzene rings is 1. The van der Waals surface area contributed by atoms with Crippen molar-refractivity contribution in [2.75, 3.05) is 0 Å². The number of carbonyl (C=O) groups is 1. The van der Waals surface area contributed by atoms with Crippen LogP contribution in [0.25, 0.3) is 10.9 Å². The van der Waals surface area contributed by atoms with Crippen LogP contribution in [-0.4, -0.2) is 23.5 Å². The van der Waals surface area contributed by atoms with E-state index in [-0.39, 0.29) is 6.42 Å². The second kappa shape index (κ2) is 7.14. The fourth-order valence-corrected chi connectivity index (χ4v) is 5.84. The van der Waals surface area contributed by atoms with Crippen LogP contribution in [0.3, 0.4) is 0 Å². The molecule has 1 N–H and O–H groups in total. The SMILES string of the molecule is O=C(O)CCCc1cc2cc(Cl)ccc2n1S(=O)(=O)C1=C2C=COC=C2CC1. The highest BCUT2D eigenvalue weighted by atomic mass is 35.5. The lowest BCUT2D eigenvalue weighted by Gasteiger charge is -2.14. The zero-order chi connectivity index (χ0) is 19.9. The number of aromatic nitrogens is 1. The summed E-state index contributed by atoms with van der Waals surface area (Å²) in [4.78, 5) is 11.2. The number of fused-ring (bicyclic) bond motifs is 2. The van der Waals surface area contributed by atoms with E-state index >= 15 is 0 Å². The summed E-state index contributed by atoms with van der Waals surface area (Å²) in [5, 5.41) is 10.1. The van der Waals surface area contributed by atoms with Gasteiger partial charge in [-0.25, -0.2) is 12.4 Å². The van der Waals surface area contributed by atoms with Gasteiger partial charge in [0.25, 0.3) is 10.0 Å². The number of ether oxygens (including phenoxy) is 1. The minimum Gasteiger partial charge on any atom is -0.481 e. The largest absolute Gasteiger partial charge is 0.481 e. The second-order valence-corrected chi connectivity index (χ2v) is 9.02. The van der Waals surface area contributed by atoms with E-state index in [1.807, 2.05) is 0 Å². The maximum atomic E-state index is 13.6. The van der Waals surface area contributed by atoms with Crippen LogP contribution in [0.15, 0.2) is 58.9 Å². The fourth-order valence-electron chi connectivity index (χ4n) is 3.72. The minimum atomic E-state index is -3.83. The molecule has 2 heterocycles. The number of aliphatic carboxylic acids is 1. The van der Waals surface area contributed by atoms with Crippen LogP contribution in [-0.2, 0) is 26.0 Å². The number of hydrogen-bond donors (Lipinski definition) is 1. The van der Waals surface area contributed by atoms with Gasteiger partial charge in [-0.3, -0.25) is 4.79 Å². The average Bonchev–Trinajstić information content (AvgIpc) is 3.22. The molecule has 0 fully saturated rings. The summed E-state index contributed by atoms with van der Waals surface area (Å²) in [7, 11) is -3.83. The summed E-state index contributed by atoms with van der Waals surface area (Å²) < 4.78 is 33.8. The molecule has 6 nitrogen and oxygen atoms in total. The molecule has 146 valence electrons. The average molecular weight is 420 g/mol. The topological polar surface area (TPSA) is 85.6 Å². The van der Waals surface area contributed by atoms with Gasteiger partial charge in [-0.15, -0.1) is 0 Å². The van der Waals surface area contributed by atoms with Gasteiger partial charge in [-0.05, 0) is 61.6 Å². The summed E-state index contributed by atoms with van der Waals surface area (Å²) in [5.74, 6) is -0.906. The van der Waals surface area contributed by atoms with Crippen molar-refractivity contribution >= 4 is 38.5 Å². The summed E-state index contributed by atoms with van der Waals surface area (Å²) >= 11 is 6.08. The zero-order valence-electron chi connectivity index (χ0n) is 14.9. The van der Waals surface area contributed by atoms with Crippen molar-refractivity contribution in [3.05, 3.63) is 69.6 Å². The van der Waals surface area contributed by atoms with Crippen LogP contribution < -0.4 is 0 Å². The number of allylic oxidation sites excluding steroid dienone is 4. The molecule has 8 heteroatoms. The lowest BCUT2D eigenvalue weighted by Crippen LogP contribution is -2.17. The van der Waals surface area contributed by atoms with Gasteiger partial charge in [0.2, 0.25) is 0 Å². The number of nitrogens with zero attached hydrogens (tertiary/aromatic N) is 1. The van der Waals surface area contributed by atoms with Crippen LogP contribution in [0.1, 0.15) is 31.4 Å². The predicted octanol–water partition coefficient (Wildman–Crippen LogP) is 4.36. The molecule has 2 aliphatic rings. The van der Waals surface area contributed by atoms with Gasteiger partial charge >= 0.3 is 5.97 Å². The lowest BCUT2D eigenvalue weighted by atomic mass is 10.1. The van der Waals surface area contributed by atoms with Gasteiger partial charge in [-0.2, -0.15) is 0 Å². The van der Waals surface area contributed by atoms with Crippen molar-refractivity contribution in [3.63, 3.8) is 0 Å². The molecule has 1 aromatic carbocycles. The lowest BCUT2D eigenvalue weighted by molar-refractivity contribution is -0.137. The molecule has 0 spiro atoms. The Hall–Kier alpha value is -2.51. The van der Waals surface area contributed by atoms with E-state index in [0.29, 0.717) is 57.8 Å². The highest BCUT2D eigenvalue weighted by Gasteiger charge is 2.32. The number of rotatable bonds is 6. The molecule has 0 radical (unpaired) electrons. The smallest absolute Gasteiger partial charge is 0.303 e. The summed E-state index contributed by atoms with van der Waals surface area (Å²) in [6.07, 6.45) is 6.40. The van der Waals surface area contributed by atoms with Gasteiger partial charge in [0, 0.05) is 28.1 Å². The van der Waals surface area contributed by atoms with Crippen molar-refractivity contribution < 1.29 is 23.1 Å². The molecule has 1 aromatic heterocycles. The Bertz CT molecular complexity index is 1170. The van der Waals surface area contributed by atoms with Gasteiger partial charge in [0.05, 0.1) is 22.9 Å². The van der Waals surface area contributed by atoms with E-state index in [4.69, 9.17) is 21.4 Å². The van der Waals surface area contributed by atoms with Crippen molar-refractivity contribution in [2.24, 2.45) is 0 Å². The Morgan fingerprint density at radius 2 is 2.07 bits per heavy atom. The monoisotopic (exact) mass is 419 g/mol. The van der Waals surface area contributed by atoms with Crippen molar-refractivity contribution in [1.82, 2.24) is 3.97 Å². The van der Waals surface area contributed by atoms with E-state index < -0.39 is 16.0 Å². The molecular weight excluding hydrogens is 402 g/mol. The molecule has 1 aliphatic carbocycles. The molecule has 0 saturated carbocycles. The Labute approximate surface area is 167 Å². The minimum absolute atomic E-state index is 0.0246. The normalized spacial score (nSPS) is 16.2. The van der Waals surface area contributed by atoms with E-state index in [9.17, 15) is 13.2 Å². The van der Waals surface area contributed by atoms with Gasteiger partial charge < -0.3 is 9.84 Å². The van der Waals surface area contributed by atoms with Gasteiger partial charge in [-0.1, -0.05) is 11.6 Å². The van der Waals surface area contributed by atoms with Crippen molar-refractivity contribution in [2.45, 2.75) is 32.1 Å². The van der Waals surface area contributed by atoms with Crippen LogP contribution >= 0.6 is 11.6 Å². The van der Waals surface area contributed by atoms with Gasteiger partial charge in [0.15, 0.2) is 0 Å². The molecule has 0 amide bonds. The number of carboxylic acids is 1. The maximum absolute atomic E-state index is 13.6. The van der Waals surface area contributed by atoms with E-state index in [1.54, 1.807) is 36.6 Å². The molecule has 2 aromatic rings. The van der Waals surface area contributed by atoms with Crippen molar-refractivity contribution in [1.29, 1.82) is 0 Å². The Morgan fingerprint density at radius 1 is 1.25 bits per heavy atom. The Morgan fingerprint density at radius 3 is 2.86 bits per heavy atom. The zero-order valence-corrected chi connectivity index (χ0v) is 16.5. The van der Waals surface area contributed by atoms with Crippen molar-refractivity contribution in [3.8, 4) is 0 Å². The van der Waals surface area contributed by atoms with E-state index in [1.165, 1.54) is 10.2 Å². The van der Waals surface area contributed by atoms with Crippen LogP contribution in [0, 0.1) is 0 Å².